The van der Waals surface area contributed by atoms with Crippen LogP contribution in [0.5, 0.6) is 5.75 Å². The Morgan fingerprint density at radius 1 is 1.23 bits per heavy atom. The fourth-order valence-electron chi connectivity index (χ4n) is 3.72. The molecule has 3 aromatic rings. The van der Waals surface area contributed by atoms with Crippen LogP contribution in [0.25, 0.3) is 17.0 Å². The normalized spacial score (nSPS) is 18.3. The van der Waals surface area contributed by atoms with Gasteiger partial charge in [0, 0.05) is 24.3 Å². The number of benzene rings is 1. The molecule has 2 N–H and O–H groups in total. The Morgan fingerprint density at radius 3 is 2.85 bits per heavy atom. The molecule has 1 aliphatic rings. The van der Waals surface area contributed by atoms with Crippen LogP contribution in [0, 0.1) is 13.8 Å². The van der Waals surface area contributed by atoms with E-state index in [0.29, 0.717) is 23.5 Å². The second-order valence-electron chi connectivity index (χ2n) is 7.21. The smallest absolute Gasteiger partial charge is 0.254 e. The van der Waals surface area contributed by atoms with E-state index >= 15 is 0 Å². The molecule has 0 saturated carbocycles. The van der Waals surface area contributed by atoms with Crippen molar-refractivity contribution in [1.82, 2.24) is 24.5 Å². The predicted octanol–water partition coefficient (Wildman–Crippen LogP) is 2.62. The van der Waals surface area contributed by atoms with Crippen LogP contribution >= 0.6 is 0 Å². The number of hydrogen-bond acceptors (Lipinski definition) is 6. The van der Waals surface area contributed by atoms with Crippen molar-refractivity contribution in [2.45, 2.75) is 32.7 Å². The van der Waals surface area contributed by atoms with Gasteiger partial charge in [-0.25, -0.2) is 9.50 Å². The maximum absolute atomic E-state index is 10.3. The number of phenols is 1. The molecular formula is C19H24N6O. The number of fused-ring (bicyclic) bond motifs is 1. The molecule has 26 heavy (non-hydrogen) atoms. The predicted molar refractivity (Wildman–Crippen MR) is 101 cm³/mol. The van der Waals surface area contributed by atoms with Gasteiger partial charge >= 0.3 is 0 Å². The summed E-state index contributed by atoms with van der Waals surface area (Å²) in [7, 11) is 2.13. The number of rotatable bonds is 3. The molecule has 0 radical (unpaired) electrons. The first kappa shape index (κ1) is 16.8. The van der Waals surface area contributed by atoms with Gasteiger partial charge in [0.1, 0.15) is 5.75 Å². The molecule has 0 amide bonds. The van der Waals surface area contributed by atoms with Crippen molar-refractivity contribution in [2.24, 2.45) is 0 Å². The Hall–Kier alpha value is -2.67. The van der Waals surface area contributed by atoms with E-state index in [1.165, 1.54) is 6.42 Å². The lowest BCUT2D eigenvalue weighted by Gasteiger charge is -2.29. The van der Waals surface area contributed by atoms with Crippen molar-refractivity contribution in [3.8, 4) is 17.0 Å². The average Bonchev–Trinajstić information content (AvgIpc) is 2.95. The Bertz CT molecular complexity index is 927. The van der Waals surface area contributed by atoms with Crippen LogP contribution in [-0.4, -0.2) is 55.8 Å². The van der Waals surface area contributed by atoms with Crippen molar-refractivity contribution in [2.75, 3.05) is 25.5 Å². The van der Waals surface area contributed by atoms with E-state index in [1.807, 2.05) is 32.2 Å². The minimum atomic E-state index is 0.238. The van der Waals surface area contributed by atoms with Crippen LogP contribution in [-0.2, 0) is 0 Å². The second kappa shape index (κ2) is 6.57. The van der Waals surface area contributed by atoms with Gasteiger partial charge < -0.3 is 15.3 Å². The number of nitrogens with one attached hydrogen (secondary N) is 1. The van der Waals surface area contributed by atoms with Crippen LogP contribution in [0.3, 0.4) is 0 Å². The first-order valence-corrected chi connectivity index (χ1v) is 8.98. The Balaban J connectivity index is 1.64. The van der Waals surface area contributed by atoms with Crippen molar-refractivity contribution < 1.29 is 5.11 Å². The molecule has 3 heterocycles. The zero-order chi connectivity index (χ0) is 18.3. The van der Waals surface area contributed by atoms with Gasteiger partial charge in [0.2, 0.25) is 5.95 Å². The Labute approximate surface area is 152 Å². The molecule has 0 unspecified atom stereocenters. The SMILES string of the molecule is Cc1cc(C)c(-c2ccn3nc(N[C@@H]4CCCN(C)C4)nc3n2)c(O)c1. The number of likely N-dealkylation sites (tertiary alicyclic amines) is 1. The van der Waals surface area contributed by atoms with Gasteiger partial charge in [0.25, 0.3) is 5.78 Å². The number of aromatic hydroxyl groups is 1. The molecule has 1 aromatic carbocycles. The first-order valence-electron chi connectivity index (χ1n) is 8.98. The summed E-state index contributed by atoms with van der Waals surface area (Å²) in [5.74, 6) is 1.36. The molecule has 1 atom stereocenters. The summed E-state index contributed by atoms with van der Waals surface area (Å²) in [6, 6.07) is 6.01. The van der Waals surface area contributed by atoms with E-state index in [4.69, 9.17) is 0 Å². The van der Waals surface area contributed by atoms with Crippen LogP contribution in [0.2, 0.25) is 0 Å². The lowest BCUT2D eigenvalue weighted by molar-refractivity contribution is 0.260. The molecule has 1 aliphatic heterocycles. The maximum Gasteiger partial charge on any atom is 0.254 e. The Morgan fingerprint density at radius 2 is 2.08 bits per heavy atom. The first-order chi connectivity index (χ1) is 12.5. The van der Waals surface area contributed by atoms with Crippen LogP contribution < -0.4 is 5.32 Å². The monoisotopic (exact) mass is 352 g/mol. The molecule has 7 heteroatoms. The molecule has 4 rings (SSSR count). The van der Waals surface area contributed by atoms with E-state index in [0.717, 1.165) is 36.2 Å². The number of phenolic OH excluding ortho intramolecular Hbond substituents is 1. The lowest BCUT2D eigenvalue weighted by Crippen LogP contribution is -2.39. The van der Waals surface area contributed by atoms with Gasteiger partial charge in [-0.3, -0.25) is 0 Å². The van der Waals surface area contributed by atoms with E-state index in [9.17, 15) is 5.11 Å². The minimum Gasteiger partial charge on any atom is -0.507 e. The third kappa shape index (κ3) is 3.22. The molecule has 0 bridgehead atoms. The van der Waals surface area contributed by atoms with Gasteiger partial charge in [-0.05, 0) is 63.5 Å². The van der Waals surface area contributed by atoms with Crippen molar-refractivity contribution >= 4 is 11.7 Å². The van der Waals surface area contributed by atoms with Crippen LogP contribution in [0.15, 0.2) is 24.4 Å². The zero-order valence-electron chi connectivity index (χ0n) is 15.4. The maximum atomic E-state index is 10.3. The van der Waals surface area contributed by atoms with Crippen molar-refractivity contribution in [3.05, 3.63) is 35.5 Å². The number of aryl methyl sites for hydroxylation is 2. The lowest BCUT2D eigenvalue weighted by atomic mass is 10.0. The molecule has 136 valence electrons. The Kier molecular flexibility index (Phi) is 4.24. The zero-order valence-corrected chi connectivity index (χ0v) is 15.4. The molecule has 0 aliphatic carbocycles. The quantitative estimate of drug-likeness (QED) is 0.754. The van der Waals surface area contributed by atoms with E-state index in [2.05, 4.69) is 32.3 Å². The summed E-state index contributed by atoms with van der Waals surface area (Å²) in [5.41, 5.74) is 3.45. The molecule has 2 aromatic heterocycles. The second-order valence-corrected chi connectivity index (χ2v) is 7.21. The van der Waals surface area contributed by atoms with Crippen LogP contribution in [0.4, 0.5) is 5.95 Å². The standard InChI is InChI=1S/C19H24N6O/c1-12-9-13(2)17(16(26)10-12)15-6-8-25-19(21-15)22-18(23-25)20-14-5-4-7-24(3)11-14/h6,8-10,14,26H,4-5,7,11H2,1-3H3,(H,20,23)/t14-/m1/s1. The highest BCUT2D eigenvalue weighted by molar-refractivity contribution is 5.72. The summed E-state index contributed by atoms with van der Waals surface area (Å²) in [6.07, 6.45) is 4.13. The topological polar surface area (TPSA) is 78.6 Å². The van der Waals surface area contributed by atoms with Crippen molar-refractivity contribution in [1.29, 1.82) is 0 Å². The molecule has 0 spiro atoms. The highest BCUT2D eigenvalue weighted by Gasteiger charge is 2.19. The van der Waals surface area contributed by atoms with Gasteiger partial charge in [0.15, 0.2) is 0 Å². The van der Waals surface area contributed by atoms with Gasteiger partial charge in [0.05, 0.1) is 5.69 Å². The number of piperidine rings is 1. The summed E-state index contributed by atoms with van der Waals surface area (Å²) in [5, 5.41) is 18.2. The summed E-state index contributed by atoms with van der Waals surface area (Å²) in [6.45, 7) is 6.07. The fraction of sp³-hybridized carbons (Fsp3) is 0.421. The molecular weight excluding hydrogens is 328 g/mol. The van der Waals surface area contributed by atoms with E-state index < -0.39 is 0 Å². The van der Waals surface area contributed by atoms with E-state index in [1.54, 1.807) is 10.6 Å². The van der Waals surface area contributed by atoms with Crippen LogP contribution in [0.1, 0.15) is 24.0 Å². The highest BCUT2D eigenvalue weighted by Crippen LogP contribution is 2.32. The van der Waals surface area contributed by atoms with E-state index in [-0.39, 0.29) is 5.75 Å². The largest absolute Gasteiger partial charge is 0.507 e. The summed E-state index contributed by atoms with van der Waals surface area (Å²) in [4.78, 5) is 11.4. The van der Waals surface area contributed by atoms with Gasteiger partial charge in [-0.2, -0.15) is 4.98 Å². The summed E-state index contributed by atoms with van der Waals surface area (Å²) < 4.78 is 1.67. The highest BCUT2D eigenvalue weighted by atomic mass is 16.3. The van der Waals surface area contributed by atoms with Gasteiger partial charge in [-0.15, -0.1) is 5.10 Å². The molecule has 7 nitrogen and oxygen atoms in total. The van der Waals surface area contributed by atoms with Gasteiger partial charge in [-0.1, -0.05) is 6.07 Å². The fourth-order valence-corrected chi connectivity index (χ4v) is 3.72. The van der Waals surface area contributed by atoms with Crippen molar-refractivity contribution in [3.63, 3.8) is 0 Å². The number of likely N-dealkylation sites (N-methyl/N-ethyl adjacent to an activating group) is 1. The summed E-state index contributed by atoms with van der Waals surface area (Å²) >= 11 is 0. The number of aromatic nitrogens is 4. The molecule has 1 saturated heterocycles. The third-order valence-electron chi connectivity index (χ3n) is 4.88. The molecule has 1 fully saturated rings. The minimum absolute atomic E-state index is 0.238. The third-order valence-corrected chi connectivity index (χ3v) is 4.88. The number of nitrogens with zero attached hydrogens (tertiary/aromatic N) is 5. The average molecular weight is 352 g/mol. The number of hydrogen-bond donors (Lipinski definition) is 2. The number of anilines is 1.